The monoisotopic (exact) mass is 269 g/mol. The quantitative estimate of drug-likeness (QED) is 0.841. The fourth-order valence-electron chi connectivity index (χ4n) is 2.87. The molecule has 1 aliphatic carbocycles. The highest BCUT2D eigenvalue weighted by Crippen LogP contribution is 2.33. The van der Waals surface area contributed by atoms with Crippen molar-refractivity contribution in [3.05, 3.63) is 34.1 Å². The Morgan fingerprint density at radius 1 is 1.33 bits per heavy atom. The third kappa shape index (κ3) is 3.24. The maximum atomic E-state index is 13.4. The van der Waals surface area contributed by atoms with E-state index in [9.17, 15) is 4.39 Å². The van der Waals surface area contributed by atoms with Crippen LogP contribution in [-0.2, 0) is 0 Å². The summed E-state index contributed by atoms with van der Waals surface area (Å²) in [6.07, 6.45) is 7.48. The third-order valence-electron chi connectivity index (χ3n) is 3.99. The first kappa shape index (κ1) is 13.8. The molecule has 2 rings (SSSR count). The molecule has 0 heterocycles. The maximum Gasteiger partial charge on any atom is 0.127 e. The van der Waals surface area contributed by atoms with Crippen molar-refractivity contribution < 1.29 is 4.39 Å². The van der Waals surface area contributed by atoms with Gasteiger partial charge in [0.15, 0.2) is 0 Å². The van der Waals surface area contributed by atoms with E-state index in [0.717, 1.165) is 12.0 Å². The fraction of sp³-hybridized carbons (Fsp3) is 0.600. The van der Waals surface area contributed by atoms with Crippen molar-refractivity contribution in [2.75, 3.05) is 0 Å². The lowest BCUT2D eigenvalue weighted by Gasteiger charge is -2.25. The molecule has 1 nitrogen and oxygen atoms in total. The first-order valence-corrected chi connectivity index (χ1v) is 7.17. The molecular formula is C15H21ClFN. The molecule has 0 saturated heterocycles. The molecule has 0 radical (unpaired) electrons. The van der Waals surface area contributed by atoms with E-state index in [2.05, 4.69) is 0 Å². The summed E-state index contributed by atoms with van der Waals surface area (Å²) >= 11 is 6.09. The highest BCUT2D eigenvalue weighted by molar-refractivity contribution is 6.31. The van der Waals surface area contributed by atoms with Gasteiger partial charge in [0.25, 0.3) is 0 Å². The minimum absolute atomic E-state index is 0.0695. The summed E-state index contributed by atoms with van der Waals surface area (Å²) in [5.41, 5.74) is 7.75. The highest BCUT2D eigenvalue weighted by Gasteiger charge is 2.20. The molecule has 1 aromatic rings. The lowest BCUT2D eigenvalue weighted by Crippen LogP contribution is -2.18. The SMILES string of the molecule is Cc1cc(C(N)CC2CCCCC2)c(Cl)cc1F. The van der Waals surface area contributed by atoms with Crippen molar-refractivity contribution in [1.29, 1.82) is 0 Å². The Morgan fingerprint density at radius 3 is 2.67 bits per heavy atom. The Labute approximate surface area is 114 Å². The van der Waals surface area contributed by atoms with Crippen molar-refractivity contribution in [2.45, 2.75) is 51.5 Å². The van der Waals surface area contributed by atoms with Crippen LogP contribution in [-0.4, -0.2) is 0 Å². The Hall–Kier alpha value is -0.600. The van der Waals surface area contributed by atoms with E-state index in [4.69, 9.17) is 17.3 Å². The topological polar surface area (TPSA) is 26.0 Å². The van der Waals surface area contributed by atoms with Gasteiger partial charge < -0.3 is 5.73 Å². The molecule has 0 spiro atoms. The van der Waals surface area contributed by atoms with Crippen LogP contribution in [0, 0.1) is 18.7 Å². The van der Waals surface area contributed by atoms with Crippen LogP contribution >= 0.6 is 11.6 Å². The number of rotatable bonds is 3. The van der Waals surface area contributed by atoms with Crippen molar-refractivity contribution >= 4 is 11.6 Å². The van der Waals surface area contributed by atoms with E-state index in [0.29, 0.717) is 16.5 Å². The standard InChI is InChI=1S/C15H21ClFN/c1-10-7-12(13(16)9-14(10)17)15(18)8-11-5-3-2-4-6-11/h7,9,11,15H,2-6,8,18H2,1H3. The van der Waals surface area contributed by atoms with Gasteiger partial charge in [-0.2, -0.15) is 0 Å². The summed E-state index contributed by atoms with van der Waals surface area (Å²) in [6.45, 7) is 1.75. The number of halogens is 2. The molecule has 1 aliphatic rings. The van der Waals surface area contributed by atoms with Gasteiger partial charge in [-0.15, -0.1) is 0 Å². The van der Waals surface area contributed by atoms with E-state index in [1.165, 1.54) is 38.2 Å². The molecule has 2 N–H and O–H groups in total. The normalized spacial score (nSPS) is 18.9. The van der Waals surface area contributed by atoms with E-state index >= 15 is 0 Å². The molecule has 0 amide bonds. The van der Waals surface area contributed by atoms with Crippen LogP contribution in [0.4, 0.5) is 4.39 Å². The molecule has 100 valence electrons. The molecular weight excluding hydrogens is 249 g/mol. The molecule has 0 aromatic heterocycles. The lowest BCUT2D eigenvalue weighted by molar-refractivity contribution is 0.319. The van der Waals surface area contributed by atoms with Gasteiger partial charge in [0, 0.05) is 11.1 Å². The van der Waals surface area contributed by atoms with E-state index in [1.54, 1.807) is 13.0 Å². The number of hydrogen-bond donors (Lipinski definition) is 1. The van der Waals surface area contributed by atoms with Crippen LogP contribution in [0.2, 0.25) is 5.02 Å². The first-order chi connectivity index (χ1) is 8.58. The average molecular weight is 270 g/mol. The van der Waals surface area contributed by atoms with E-state index in [-0.39, 0.29) is 11.9 Å². The van der Waals surface area contributed by atoms with Crippen LogP contribution in [0.5, 0.6) is 0 Å². The zero-order chi connectivity index (χ0) is 13.1. The number of benzene rings is 1. The van der Waals surface area contributed by atoms with Gasteiger partial charge in [-0.3, -0.25) is 0 Å². The van der Waals surface area contributed by atoms with Gasteiger partial charge in [-0.05, 0) is 36.5 Å². The summed E-state index contributed by atoms with van der Waals surface area (Å²) in [7, 11) is 0. The molecule has 1 unspecified atom stereocenters. The predicted molar refractivity (Wildman–Crippen MR) is 74.3 cm³/mol. The first-order valence-electron chi connectivity index (χ1n) is 6.79. The molecule has 1 fully saturated rings. The van der Waals surface area contributed by atoms with Gasteiger partial charge in [0.1, 0.15) is 5.82 Å². The van der Waals surface area contributed by atoms with Crippen molar-refractivity contribution in [3.63, 3.8) is 0 Å². The van der Waals surface area contributed by atoms with Crippen molar-refractivity contribution in [2.24, 2.45) is 11.7 Å². The van der Waals surface area contributed by atoms with Crippen molar-refractivity contribution in [3.8, 4) is 0 Å². The van der Waals surface area contributed by atoms with Crippen LogP contribution < -0.4 is 5.73 Å². The van der Waals surface area contributed by atoms with Gasteiger partial charge in [-0.1, -0.05) is 49.8 Å². The van der Waals surface area contributed by atoms with Gasteiger partial charge in [0.05, 0.1) is 0 Å². The van der Waals surface area contributed by atoms with Crippen LogP contribution in [0.1, 0.15) is 55.7 Å². The smallest absolute Gasteiger partial charge is 0.127 e. The fourth-order valence-corrected chi connectivity index (χ4v) is 3.16. The zero-order valence-electron chi connectivity index (χ0n) is 10.9. The zero-order valence-corrected chi connectivity index (χ0v) is 11.6. The minimum atomic E-state index is -0.256. The number of aryl methyl sites for hydroxylation is 1. The van der Waals surface area contributed by atoms with Crippen LogP contribution in [0.3, 0.4) is 0 Å². The Kier molecular flexibility index (Phi) is 4.63. The largest absolute Gasteiger partial charge is 0.324 e. The summed E-state index contributed by atoms with van der Waals surface area (Å²) in [5, 5.41) is 0.460. The summed E-state index contributed by atoms with van der Waals surface area (Å²) < 4.78 is 13.4. The second-order valence-electron chi connectivity index (χ2n) is 5.47. The van der Waals surface area contributed by atoms with E-state index in [1.807, 2.05) is 0 Å². The molecule has 3 heteroatoms. The molecule has 0 aliphatic heterocycles. The minimum Gasteiger partial charge on any atom is -0.324 e. The second kappa shape index (κ2) is 6.03. The average Bonchev–Trinajstić information content (AvgIpc) is 2.35. The Balaban J connectivity index is 2.08. The van der Waals surface area contributed by atoms with E-state index < -0.39 is 0 Å². The maximum absolute atomic E-state index is 13.4. The van der Waals surface area contributed by atoms with Gasteiger partial charge in [0.2, 0.25) is 0 Å². The summed E-state index contributed by atoms with van der Waals surface area (Å²) in [4.78, 5) is 0. The van der Waals surface area contributed by atoms with Crippen molar-refractivity contribution in [1.82, 2.24) is 0 Å². The van der Waals surface area contributed by atoms with Gasteiger partial charge >= 0.3 is 0 Å². The molecule has 1 atom stereocenters. The predicted octanol–water partition coefficient (Wildman–Crippen LogP) is 4.76. The molecule has 0 bridgehead atoms. The van der Waals surface area contributed by atoms with Gasteiger partial charge in [-0.25, -0.2) is 4.39 Å². The summed E-state index contributed by atoms with van der Waals surface area (Å²) in [6, 6.07) is 3.11. The Bertz CT molecular complexity index is 413. The Morgan fingerprint density at radius 2 is 2.00 bits per heavy atom. The third-order valence-corrected chi connectivity index (χ3v) is 4.32. The summed E-state index contributed by atoms with van der Waals surface area (Å²) in [5.74, 6) is 0.448. The number of hydrogen-bond acceptors (Lipinski definition) is 1. The lowest BCUT2D eigenvalue weighted by atomic mass is 9.83. The van der Waals surface area contributed by atoms with Crippen LogP contribution in [0.15, 0.2) is 12.1 Å². The highest BCUT2D eigenvalue weighted by atomic mass is 35.5. The second-order valence-corrected chi connectivity index (χ2v) is 5.88. The molecule has 1 saturated carbocycles. The molecule has 1 aromatic carbocycles. The van der Waals surface area contributed by atoms with Crippen LogP contribution in [0.25, 0.3) is 0 Å². The number of nitrogens with two attached hydrogens (primary N) is 1. The molecule has 18 heavy (non-hydrogen) atoms.